The SMILES string of the molecule is CC(C)=CCC[C@@H](C)C1=C(Nc2ccccc2F)C(=O)C(C)=C(O)C1=O. The summed E-state index contributed by atoms with van der Waals surface area (Å²) in [6.45, 7) is 7.20. The van der Waals surface area contributed by atoms with Crippen LogP contribution in [0, 0.1) is 11.7 Å². The van der Waals surface area contributed by atoms with Gasteiger partial charge in [-0.05, 0) is 51.7 Å². The summed E-state index contributed by atoms with van der Waals surface area (Å²) in [6, 6.07) is 5.96. The number of para-hydroxylation sites is 1. The molecule has 0 spiro atoms. The Labute approximate surface area is 153 Å². The number of allylic oxidation sites excluding steroid dienone is 4. The summed E-state index contributed by atoms with van der Waals surface area (Å²) in [5.41, 5.74) is 1.49. The van der Waals surface area contributed by atoms with Crippen molar-refractivity contribution < 1.29 is 19.1 Å². The topological polar surface area (TPSA) is 66.4 Å². The molecular formula is C21H24FNO3. The summed E-state index contributed by atoms with van der Waals surface area (Å²) in [5.74, 6) is -2.39. The molecule has 138 valence electrons. The lowest BCUT2D eigenvalue weighted by Gasteiger charge is -2.24. The van der Waals surface area contributed by atoms with Crippen LogP contribution < -0.4 is 5.32 Å². The first-order valence-corrected chi connectivity index (χ1v) is 8.62. The second-order valence-corrected chi connectivity index (χ2v) is 6.79. The van der Waals surface area contributed by atoms with E-state index in [9.17, 15) is 19.1 Å². The molecule has 1 aliphatic carbocycles. The number of ketones is 2. The molecule has 0 bridgehead atoms. The van der Waals surface area contributed by atoms with Crippen LogP contribution in [0.5, 0.6) is 0 Å². The van der Waals surface area contributed by atoms with E-state index in [0.717, 1.165) is 6.42 Å². The summed E-state index contributed by atoms with van der Waals surface area (Å²) in [4.78, 5) is 25.3. The Kier molecular flexibility index (Phi) is 6.14. The summed E-state index contributed by atoms with van der Waals surface area (Å²) >= 11 is 0. The van der Waals surface area contributed by atoms with E-state index in [-0.39, 0.29) is 28.4 Å². The third kappa shape index (κ3) is 4.10. The molecular weight excluding hydrogens is 333 g/mol. The molecule has 1 atom stereocenters. The second-order valence-electron chi connectivity index (χ2n) is 6.79. The number of carbonyl (C=O) groups excluding carboxylic acids is 2. The normalized spacial score (nSPS) is 16.0. The van der Waals surface area contributed by atoms with Crippen molar-refractivity contribution in [1.29, 1.82) is 0 Å². The molecule has 0 unspecified atom stereocenters. The first kappa shape index (κ1) is 19.6. The van der Waals surface area contributed by atoms with E-state index >= 15 is 0 Å². The van der Waals surface area contributed by atoms with Gasteiger partial charge >= 0.3 is 0 Å². The molecule has 26 heavy (non-hydrogen) atoms. The molecule has 0 amide bonds. The highest BCUT2D eigenvalue weighted by molar-refractivity contribution is 6.25. The molecule has 0 radical (unpaired) electrons. The first-order chi connectivity index (χ1) is 12.2. The fraction of sp³-hybridized carbons (Fsp3) is 0.333. The van der Waals surface area contributed by atoms with Crippen LogP contribution >= 0.6 is 0 Å². The minimum absolute atomic E-state index is 0.0333. The van der Waals surface area contributed by atoms with E-state index in [0.29, 0.717) is 6.42 Å². The Hall–Kier alpha value is -2.69. The molecule has 0 aromatic heterocycles. The molecule has 1 aromatic carbocycles. The van der Waals surface area contributed by atoms with Crippen LogP contribution in [-0.4, -0.2) is 16.7 Å². The zero-order valence-corrected chi connectivity index (χ0v) is 15.5. The maximum absolute atomic E-state index is 14.0. The molecule has 0 aliphatic heterocycles. The van der Waals surface area contributed by atoms with Crippen molar-refractivity contribution in [3.05, 3.63) is 64.3 Å². The molecule has 0 saturated carbocycles. The van der Waals surface area contributed by atoms with Gasteiger partial charge in [0.25, 0.3) is 0 Å². The number of anilines is 1. The van der Waals surface area contributed by atoms with Gasteiger partial charge in [0.1, 0.15) is 5.82 Å². The van der Waals surface area contributed by atoms with Crippen LogP contribution in [-0.2, 0) is 9.59 Å². The molecule has 0 saturated heterocycles. The smallest absolute Gasteiger partial charge is 0.226 e. The highest BCUT2D eigenvalue weighted by atomic mass is 19.1. The van der Waals surface area contributed by atoms with Gasteiger partial charge in [0.05, 0.1) is 11.4 Å². The highest BCUT2D eigenvalue weighted by Gasteiger charge is 2.35. The molecule has 2 rings (SSSR count). The zero-order valence-electron chi connectivity index (χ0n) is 15.5. The van der Waals surface area contributed by atoms with E-state index in [1.807, 2.05) is 20.8 Å². The molecule has 1 aliphatic rings. The Morgan fingerprint density at radius 2 is 1.88 bits per heavy atom. The number of carbonyl (C=O) groups is 2. The molecule has 1 aromatic rings. The number of hydrogen-bond acceptors (Lipinski definition) is 4. The Bertz CT molecular complexity index is 829. The van der Waals surface area contributed by atoms with Gasteiger partial charge in [0.2, 0.25) is 11.6 Å². The largest absolute Gasteiger partial charge is 0.504 e. The fourth-order valence-corrected chi connectivity index (χ4v) is 2.89. The molecule has 4 nitrogen and oxygen atoms in total. The maximum Gasteiger partial charge on any atom is 0.226 e. The Balaban J connectivity index is 2.44. The van der Waals surface area contributed by atoms with Crippen molar-refractivity contribution >= 4 is 17.3 Å². The number of benzene rings is 1. The van der Waals surface area contributed by atoms with Gasteiger partial charge in [0.15, 0.2) is 5.76 Å². The number of rotatable bonds is 6. The lowest BCUT2D eigenvalue weighted by Crippen LogP contribution is -2.30. The van der Waals surface area contributed by atoms with Crippen molar-refractivity contribution in [2.24, 2.45) is 5.92 Å². The lowest BCUT2D eigenvalue weighted by molar-refractivity contribution is -0.118. The van der Waals surface area contributed by atoms with Crippen LogP contribution in [0.15, 0.2) is 58.5 Å². The third-order valence-electron chi connectivity index (χ3n) is 4.43. The van der Waals surface area contributed by atoms with Crippen LogP contribution in [0.4, 0.5) is 10.1 Å². The van der Waals surface area contributed by atoms with Crippen molar-refractivity contribution in [2.75, 3.05) is 5.32 Å². The average Bonchev–Trinajstić information content (AvgIpc) is 2.59. The number of aliphatic hydroxyl groups is 1. The number of nitrogens with one attached hydrogen (secondary N) is 1. The Morgan fingerprint density at radius 1 is 1.23 bits per heavy atom. The summed E-state index contributed by atoms with van der Waals surface area (Å²) in [5, 5.41) is 12.8. The minimum atomic E-state index is -0.578. The Morgan fingerprint density at radius 3 is 2.50 bits per heavy atom. The predicted molar refractivity (Wildman–Crippen MR) is 100 cm³/mol. The van der Waals surface area contributed by atoms with Crippen molar-refractivity contribution in [2.45, 2.75) is 40.5 Å². The number of halogens is 1. The molecule has 5 heteroatoms. The minimum Gasteiger partial charge on any atom is -0.504 e. The second kappa shape index (κ2) is 8.13. The number of Topliss-reactive ketones (excluding diaryl/α,β-unsaturated/α-hetero) is 2. The van der Waals surface area contributed by atoms with Gasteiger partial charge < -0.3 is 10.4 Å². The van der Waals surface area contributed by atoms with Crippen LogP contribution in [0.3, 0.4) is 0 Å². The van der Waals surface area contributed by atoms with Gasteiger partial charge in [0, 0.05) is 11.1 Å². The number of aliphatic hydroxyl groups excluding tert-OH is 1. The van der Waals surface area contributed by atoms with Crippen molar-refractivity contribution in [3.8, 4) is 0 Å². The maximum atomic E-state index is 14.0. The predicted octanol–water partition coefficient (Wildman–Crippen LogP) is 4.86. The average molecular weight is 357 g/mol. The van der Waals surface area contributed by atoms with E-state index in [4.69, 9.17) is 0 Å². The van der Waals surface area contributed by atoms with Crippen LogP contribution in [0.1, 0.15) is 40.5 Å². The summed E-state index contributed by atoms with van der Waals surface area (Å²) in [6.07, 6.45) is 3.43. The van der Waals surface area contributed by atoms with Crippen LogP contribution in [0.2, 0.25) is 0 Å². The lowest BCUT2D eigenvalue weighted by atomic mass is 9.83. The van der Waals surface area contributed by atoms with Crippen molar-refractivity contribution in [3.63, 3.8) is 0 Å². The van der Waals surface area contributed by atoms with Gasteiger partial charge in [-0.25, -0.2) is 4.39 Å². The molecule has 0 fully saturated rings. The van der Waals surface area contributed by atoms with E-state index in [1.165, 1.54) is 24.6 Å². The summed E-state index contributed by atoms with van der Waals surface area (Å²) in [7, 11) is 0. The van der Waals surface area contributed by atoms with Gasteiger partial charge in [-0.2, -0.15) is 0 Å². The van der Waals surface area contributed by atoms with E-state index in [1.54, 1.807) is 12.1 Å². The van der Waals surface area contributed by atoms with Crippen molar-refractivity contribution in [1.82, 2.24) is 0 Å². The fourth-order valence-electron chi connectivity index (χ4n) is 2.89. The highest BCUT2D eigenvalue weighted by Crippen LogP contribution is 2.32. The van der Waals surface area contributed by atoms with E-state index in [2.05, 4.69) is 11.4 Å². The van der Waals surface area contributed by atoms with Gasteiger partial charge in [-0.3, -0.25) is 9.59 Å². The molecule has 0 heterocycles. The van der Waals surface area contributed by atoms with Gasteiger partial charge in [-0.15, -0.1) is 0 Å². The quantitative estimate of drug-likeness (QED) is 0.564. The third-order valence-corrected chi connectivity index (χ3v) is 4.43. The van der Waals surface area contributed by atoms with Crippen LogP contribution in [0.25, 0.3) is 0 Å². The monoisotopic (exact) mass is 357 g/mol. The first-order valence-electron chi connectivity index (χ1n) is 8.62. The molecule has 2 N–H and O–H groups in total. The summed E-state index contributed by atoms with van der Waals surface area (Å²) < 4.78 is 14.0. The van der Waals surface area contributed by atoms with Gasteiger partial charge in [-0.1, -0.05) is 30.7 Å². The zero-order chi connectivity index (χ0) is 19.4. The van der Waals surface area contributed by atoms with E-state index < -0.39 is 23.1 Å². The number of hydrogen-bond donors (Lipinski definition) is 2. The standard InChI is InChI=1S/C21H24FNO3/c1-12(2)8-7-9-13(3)17-18(19(24)14(4)20(25)21(17)26)23-16-11-6-5-10-15(16)22/h5-6,8,10-11,13,23,25H,7,9H2,1-4H3/t13-/m1/s1.